The van der Waals surface area contributed by atoms with Crippen LogP contribution in [-0.2, 0) is 11.8 Å². The lowest BCUT2D eigenvalue weighted by molar-refractivity contribution is 0.317. The van der Waals surface area contributed by atoms with Gasteiger partial charge in [0, 0.05) is 4.90 Å². The lowest BCUT2D eigenvalue weighted by Crippen LogP contribution is -1.99. The molecule has 0 saturated heterocycles. The maximum absolute atomic E-state index is 5.62. The van der Waals surface area contributed by atoms with Gasteiger partial charge in [-0.15, -0.1) is 0 Å². The fourth-order valence-electron chi connectivity index (χ4n) is 0.981. The molecule has 0 spiro atoms. The Bertz CT molecular complexity index is 350. The zero-order chi connectivity index (χ0) is 11.3. The van der Waals surface area contributed by atoms with Gasteiger partial charge < -0.3 is 4.74 Å². The summed E-state index contributed by atoms with van der Waals surface area (Å²) in [5.41, 5.74) is 9.03. The second-order valence-corrected chi connectivity index (χ2v) is 9.87. The summed E-state index contributed by atoms with van der Waals surface area (Å²) in [7, 11) is 0. The van der Waals surface area contributed by atoms with E-state index in [9.17, 15) is 0 Å². The van der Waals surface area contributed by atoms with Crippen LogP contribution < -0.4 is 15.7 Å². The molecule has 3 nitrogen and oxygen atoms in total. The molecule has 0 aromatic heterocycles. The summed E-state index contributed by atoms with van der Waals surface area (Å²) in [6, 6.07) is 7.67. The van der Waals surface area contributed by atoms with Gasteiger partial charge in [0.25, 0.3) is 0 Å². The number of hydrogen-bond donors (Lipinski definition) is 2. The highest BCUT2D eigenvalue weighted by Gasteiger charge is 2.05. The molecule has 0 unspecified atom stereocenters. The molecule has 0 aliphatic heterocycles. The van der Waals surface area contributed by atoms with Crippen LogP contribution in [0.1, 0.15) is 13.3 Å². The zero-order valence-electron chi connectivity index (χ0n) is 8.55. The standard InChI is InChI=1S/C9H15N2OPS2/c1-2-7-12-8-3-5-9(6-4-8)15-13(10,11)14/h3-6H,2,7H2,1H3,(H4,10,11,14). The smallest absolute Gasteiger partial charge is 0.126 e. The Morgan fingerprint density at radius 1 is 1.33 bits per heavy atom. The average molecular weight is 262 g/mol. The van der Waals surface area contributed by atoms with Gasteiger partial charge in [-0.1, -0.05) is 30.1 Å². The first-order chi connectivity index (χ1) is 7.01. The van der Waals surface area contributed by atoms with Crippen LogP contribution in [0.25, 0.3) is 0 Å². The molecule has 1 aromatic carbocycles. The van der Waals surface area contributed by atoms with E-state index < -0.39 is 5.54 Å². The number of ether oxygens (including phenoxy) is 1. The number of benzene rings is 1. The Balaban J connectivity index is 2.60. The largest absolute Gasteiger partial charge is 0.494 e. The third-order valence-electron chi connectivity index (χ3n) is 1.54. The highest BCUT2D eigenvalue weighted by atomic mass is 32.9. The molecule has 15 heavy (non-hydrogen) atoms. The summed E-state index contributed by atoms with van der Waals surface area (Å²) < 4.78 is 5.45. The maximum atomic E-state index is 5.62. The van der Waals surface area contributed by atoms with E-state index >= 15 is 0 Å². The molecule has 0 atom stereocenters. The minimum atomic E-state index is -2.21. The molecule has 4 N–H and O–H groups in total. The van der Waals surface area contributed by atoms with Crippen LogP contribution >= 0.6 is 16.9 Å². The fraction of sp³-hybridized carbons (Fsp3) is 0.333. The lowest BCUT2D eigenvalue weighted by atomic mass is 10.3. The van der Waals surface area contributed by atoms with Gasteiger partial charge in [0.05, 0.1) is 6.61 Å². The molecule has 0 fully saturated rings. The summed E-state index contributed by atoms with van der Waals surface area (Å²) in [5, 5.41) is 0. The molecule has 0 heterocycles. The van der Waals surface area contributed by atoms with Gasteiger partial charge in [-0.05, 0) is 30.7 Å². The van der Waals surface area contributed by atoms with Crippen molar-refractivity contribution in [2.24, 2.45) is 11.0 Å². The fourth-order valence-corrected chi connectivity index (χ4v) is 3.70. The van der Waals surface area contributed by atoms with Gasteiger partial charge in [-0.2, -0.15) is 0 Å². The predicted molar refractivity (Wildman–Crippen MR) is 70.7 cm³/mol. The molecule has 6 heteroatoms. The number of nitrogens with two attached hydrogens (primary N) is 2. The van der Waals surface area contributed by atoms with Gasteiger partial charge >= 0.3 is 0 Å². The van der Waals surface area contributed by atoms with Crippen molar-refractivity contribution in [1.29, 1.82) is 0 Å². The molecule has 84 valence electrons. The Morgan fingerprint density at radius 3 is 2.40 bits per heavy atom. The summed E-state index contributed by atoms with van der Waals surface area (Å²) >= 11 is 6.33. The van der Waals surface area contributed by atoms with Crippen LogP contribution in [0.15, 0.2) is 29.2 Å². The van der Waals surface area contributed by atoms with Crippen LogP contribution in [0, 0.1) is 0 Å². The topological polar surface area (TPSA) is 61.3 Å². The van der Waals surface area contributed by atoms with E-state index in [1.165, 1.54) is 11.4 Å². The van der Waals surface area contributed by atoms with Crippen molar-refractivity contribution in [3.8, 4) is 5.75 Å². The zero-order valence-corrected chi connectivity index (χ0v) is 11.1. The van der Waals surface area contributed by atoms with Crippen molar-refractivity contribution in [3.63, 3.8) is 0 Å². The molecule has 1 rings (SSSR count). The number of hydrogen-bond acceptors (Lipinski definition) is 3. The van der Waals surface area contributed by atoms with E-state index in [1.807, 2.05) is 24.3 Å². The lowest BCUT2D eigenvalue weighted by Gasteiger charge is -2.09. The normalized spacial score (nSPS) is 11.4. The van der Waals surface area contributed by atoms with Crippen molar-refractivity contribution >= 4 is 28.7 Å². The Labute approximate surface area is 99.4 Å². The maximum Gasteiger partial charge on any atom is 0.126 e. The minimum Gasteiger partial charge on any atom is -0.494 e. The van der Waals surface area contributed by atoms with Gasteiger partial charge in [-0.25, -0.2) is 0 Å². The first kappa shape index (κ1) is 13.0. The summed E-state index contributed by atoms with van der Waals surface area (Å²) in [6.45, 7) is 2.81. The quantitative estimate of drug-likeness (QED) is 0.799. The van der Waals surface area contributed by atoms with Crippen molar-refractivity contribution in [3.05, 3.63) is 24.3 Å². The van der Waals surface area contributed by atoms with Crippen molar-refractivity contribution in [2.45, 2.75) is 18.2 Å². The SMILES string of the molecule is CCCOc1ccc(SP(N)(N)=S)cc1. The van der Waals surface area contributed by atoms with Crippen LogP contribution in [0.5, 0.6) is 5.75 Å². The highest BCUT2D eigenvalue weighted by molar-refractivity contribution is 8.69. The molecular formula is C9H15N2OPS2. The average Bonchev–Trinajstić information content (AvgIpc) is 2.14. The molecule has 1 aromatic rings. The van der Waals surface area contributed by atoms with Crippen molar-refractivity contribution in [1.82, 2.24) is 0 Å². The van der Waals surface area contributed by atoms with Crippen molar-refractivity contribution < 1.29 is 4.74 Å². The second kappa shape index (κ2) is 5.87. The molecular weight excluding hydrogens is 247 g/mol. The van der Waals surface area contributed by atoms with Crippen molar-refractivity contribution in [2.75, 3.05) is 6.61 Å². The molecule has 0 aliphatic rings. The highest BCUT2D eigenvalue weighted by Crippen LogP contribution is 2.48. The van der Waals surface area contributed by atoms with E-state index in [-0.39, 0.29) is 0 Å². The van der Waals surface area contributed by atoms with E-state index in [2.05, 4.69) is 6.92 Å². The molecule has 0 radical (unpaired) electrons. The monoisotopic (exact) mass is 262 g/mol. The second-order valence-electron chi connectivity index (χ2n) is 3.06. The van der Waals surface area contributed by atoms with Crippen LogP contribution in [0.4, 0.5) is 0 Å². The Hall–Kier alpha value is -0.0600. The van der Waals surface area contributed by atoms with Crippen LogP contribution in [0.2, 0.25) is 0 Å². The molecule has 0 aliphatic carbocycles. The summed E-state index contributed by atoms with van der Waals surface area (Å²) in [4.78, 5) is 0.993. The third kappa shape index (κ3) is 5.54. The van der Waals surface area contributed by atoms with Gasteiger partial charge in [0.15, 0.2) is 0 Å². The van der Waals surface area contributed by atoms with E-state index in [0.717, 1.165) is 23.7 Å². The first-order valence-corrected chi connectivity index (χ1v) is 8.97. The Kier molecular flexibility index (Phi) is 5.09. The number of rotatable bonds is 5. The molecule has 0 bridgehead atoms. The van der Waals surface area contributed by atoms with E-state index in [4.69, 9.17) is 27.6 Å². The predicted octanol–water partition coefficient (Wildman–Crippen LogP) is 2.71. The first-order valence-electron chi connectivity index (χ1n) is 4.61. The van der Waals surface area contributed by atoms with Gasteiger partial charge in [0.1, 0.15) is 11.3 Å². The summed E-state index contributed by atoms with van der Waals surface area (Å²) in [5.74, 6) is 0.864. The van der Waals surface area contributed by atoms with E-state index in [0.29, 0.717) is 0 Å². The van der Waals surface area contributed by atoms with Crippen LogP contribution in [0.3, 0.4) is 0 Å². The third-order valence-corrected chi connectivity index (χ3v) is 4.47. The molecule has 0 amide bonds. The Morgan fingerprint density at radius 2 is 1.93 bits per heavy atom. The summed E-state index contributed by atoms with van der Waals surface area (Å²) in [6.07, 6.45) is 1.00. The molecule has 0 saturated carbocycles. The van der Waals surface area contributed by atoms with Gasteiger partial charge in [0.2, 0.25) is 0 Å². The van der Waals surface area contributed by atoms with E-state index in [1.54, 1.807) is 0 Å². The van der Waals surface area contributed by atoms with Crippen LogP contribution in [-0.4, -0.2) is 6.61 Å². The van der Waals surface area contributed by atoms with Gasteiger partial charge in [-0.3, -0.25) is 11.0 Å². The minimum absolute atomic E-state index is 0.734.